The fourth-order valence-electron chi connectivity index (χ4n) is 3.90. The van der Waals surface area contributed by atoms with Crippen LogP contribution < -0.4 is 5.32 Å². The number of piperidine rings is 2. The minimum Gasteiger partial charge on any atom is -0.361 e. The molecular formula is C14H20N4O6S. The average molecular weight is 372 g/mol. The molecule has 0 radical (unpaired) electrons. The first-order valence-corrected chi connectivity index (χ1v) is 9.73. The first-order valence-electron chi connectivity index (χ1n) is 8.36. The number of nitrogens with one attached hydrogen (secondary N) is 1. The lowest BCUT2D eigenvalue weighted by atomic mass is 9.93. The van der Waals surface area contributed by atoms with Crippen LogP contribution in [0.4, 0.5) is 4.79 Å². The van der Waals surface area contributed by atoms with E-state index < -0.39 is 22.5 Å². The number of urea groups is 1. The molecule has 1 aromatic rings. The van der Waals surface area contributed by atoms with Crippen molar-refractivity contribution in [1.82, 2.24) is 20.4 Å². The first-order chi connectivity index (χ1) is 11.9. The highest BCUT2D eigenvalue weighted by atomic mass is 32.3. The highest BCUT2D eigenvalue weighted by Gasteiger charge is 2.48. The standard InChI is InChI=1S/C14H20N4O6S/c19-14-17-8-10(18(14)24-25(20,21)22)1-2-12(17)11-7-13(23-16-11)9-3-5-15-6-4-9/h7,9-10,12,15H,1-6,8H2,(H,20,21,22)/t10-,12+/m1/s1. The lowest BCUT2D eigenvalue weighted by molar-refractivity contribution is -0.0317. The van der Waals surface area contributed by atoms with Gasteiger partial charge in [0.2, 0.25) is 0 Å². The number of amides is 2. The van der Waals surface area contributed by atoms with Crippen molar-refractivity contribution in [3.63, 3.8) is 0 Å². The van der Waals surface area contributed by atoms with Gasteiger partial charge in [-0.25, -0.2) is 4.79 Å². The summed E-state index contributed by atoms with van der Waals surface area (Å²) < 4.78 is 40.7. The molecule has 3 aliphatic heterocycles. The zero-order valence-corrected chi connectivity index (χ0v) is 14.3. The Bertz CT molecular complexity index is 759. The van der Waals surface area contributed by atoms with Crippen LogP contribution in [0, 0.1) is 0 Å². The van der Waals surface area contributed by atoms with Crippen molar-refractivity contribution in [1.29, 1.82) is 0 Å². The summed E-state index contributed by atoms with van der Waals surface area (Å²) in [7, 11) is -4.73. The van der Waals surface area contributed by atoms with Gasteiger partial charge in [0.15, 0.2) is 0 Å². The predicted molar refractivity (Wildman–Crippen MR) is 83.7 cm³/mol. The van der Waals surface area contributed by atoms with E-state index in [0.29, 0.717) is 31.0 Å². The second-order valence-electron chi connectivity index (χ2n) is 6.69. The predicted octanol–water partition coefficient (Wildman–Crippen LogP) is 0.817. The SMILES string of the molecule is O=C1N2C[C@@H](CC[C@H]2c2cc(C3CCNCC3)on2)N1OS(=O)(=O)O. The molecule has 10 nitrogen and oxygen atoms in total. The number of carbonyl (C=O) groups is 1. The van der Waals surface area contributed by atoms with Crippen LogP contribution in [0.1, 0.15) is 49.1 Å². The third kappa shape index (κ3) is 3.24. The lowest BCUT2D eigenvalue weighted by Crippen LogP contribution is -2.35. The molecule has 1 aromatic heterocycles. The summed E-state index contributed by atoms with van der Waals surface area (Å²) in [6.07, 6.45) is 3.15. The smallest absolute Gasteiger partial charge is 0.361 e. The minimum atomic E-state index is -4.73. The van der Waals surface area contributed by atoms with Crippen LogP contribution in [0.5, 0.6) is 0 Å². The van der Waals surface area contributed by atoms with Gasteiger partial charge in [-0.15, -0.1) is 4.28 Å². The van der Waals surface area contributed by atoms with Gasteiger partial charge in [-0.05, 0) is 38.8 Å². The Balaban J connectivity index is 1.51. The summed E-state index contributed by atoms with van der Waals surface area (Å²) in [4.78, 5) is 14.0. The van der Waals surface area contributed by atoms with E-state index in [1.165, 1.54) is 4.90 Å². The molecule has 3 fully saturated rings. The van der Waals surface area contributed by atoms with E-state index in [1.807, 2.05) is 6.07 Å². The third-order valence-corrected chi connectivity index (χ3v) is 5.48. The van der Waals surface area contributed by atoms with Gasteiger partial charge in [0.25, 0.3) is 0 Å². The van der Waals surface area contributed by atoms with E-state index in [4.69, 9.17) is 9.08 Å². The largest absolute Gasteiger partial charge is 0.418 e. The number of hydrogen-bond acceptors (Lipinski definition) is 7. The lowest BCUT2D eigenvalue weighted by Gasteiger charge is -2.28. The van der Waals surface area contributed by atoms with E-state index in [1.54, 1.807) is 0 Å². The van der Waals surface area contributed by atoms with E-state index in [9.17, 15) is 13.2 Å². The molecule has 2 N–H and O–H groups in total. The van der Waals surface area contributed by atoms with Crippen molar-refractivity contribution in [3.05, 3.63) is 17.5 Å². The van der Waals surface area contributed by atoms with Crippen LogP contribution in [-0.2, 0) is 14.7 Å². The van der Waals surface area contributed by atoms with Crippen molar-refractivity contribution in [2.75, 3.05) is 19.6 Å². The third-order valence-electron chi connectivity index (χ3n) is 5.13. The number of rotatable bonds is 4. The van der Waals surface area contributed by atoms with E-state index in [0.717, 1.165) is 36.8 Å². The number of aromatic nitrogens is 1. The van der Waals surface area contributed by atoms with Crippen LogP contribution in [0.3, 0.4) is 0 Å². The molecule has 4 heterocycles. The van der Waals surface area contributed by atoms with Crippen LogP contribution in [0.2, 0.25) is 0 Å². The molecule has 3 saturated heterocycles. The highest BCUT2D eigenvalue weighted by molar-refractivity contribution is 7.80. The quantitative estimate of drug-likeness (QED) is 0.744. The van der Waals surface area contributed by atoms with E-state index in [-0.39, 0.29) is 6.04 Å². The summed E-state index contributed by atoms with van der Waals surface area (Å²) in [5.74, 6) is 1.16. The van der Waals surface area contributed by atoms with Gasteiger partial charge < -0.3 is 14.7 Å². The van der Waals surface area contributed by atoms with Crippen LogP contribution in [-0.4, -0.2) is 59.8 Å². The Morgan fingerprint density at radius 3 is 2.76 bits per heavy atom. The number of hydrogen-bond donors (Lipinski definition) is 2. The number of fused-ring (bicyclic) bond motifs is 2. The molecular weight excluding hydrogens is 352 g/mol. The van der Waals surface area contributed by atoms with Gasteiger partial charge in [0.1, 0.15) is 11.5 Å². The van der Waals surface area contributed by atoms with Crippen LogP contribution >= 0.6 is 0 Å². The van der Waals surface area contributed by atoms with E-state index in [2.05, 4.69) is 14.8 Å². The molecule has 25 heavy (non-hydrogen) atoms. The Labute approximate surface area is 145 Å². The Morgan fingerprint density at radius 2 is 2.04 bits per heavy atom. The van der Waals surface area contributed by atoms with Crippen LogP contribution in [0.15, 0.2) is 10.6 Å². The summed E-state index contributed by atoms with van der Waals surface area (Å²) in [5, 5.41) is 8.19. The summed E-state index contributed by atoms with van der Waals surface area (Å²) in [6, 6.07) is 0.636. The zero-order chi connectivity index (χ0) is 17.6. The molecule has 0 saturated carbocycles. The van der Waals surface area contributed by atoms with Gasteiger partial charge in [-0.2, -0.15) is 13.5 Å². The van der Waals surface area contributed by atoms with Crippen molar-refractivity contribution >= 4 is 16.4 Å². The van der Waals surface area contributed by atoms with Crippen LogP contribution in [0.25, 0.3) is 0 Å². The highest BCUT2D eigenvalue weighted by Crippen LogP contribution is 2.39. The maximum atomic E-state index is 12.4. The average Bonchev–Trinajstić information content (AvgIpc) is 3.16. The summed E-state index contributed by atoms with van der Waals surface area (Å²) >= 11 is 0. The molecule has 0 aromatic carbocycles. The topological polar surface area (TPSA) is 125 Å². The maximum Gasteiger partial charge on any atom is 0.418 e. The summed E-state index contributed by atoms with van der Waals surface area (Å²) in [6.45, 7) is 2.21. The molecule has 4 rings (SSSR count). The molecule has 0 aliphatic carbocycles. The van der Waals surface area contributed by atoms with Gasteiger partial charge in [-0.3, -0.25) is 4.55 Å². The molecule has 3 aliphatic rings. The molecule has 0 unspecified atom stereocenters. The second kappa shape index (κ2) is 6.24. The second-order valence-corrected chi connectivity index (χ2v) is 7.69. The maximum absolute atomic E-state index is 12.4. The van der Waals surface area contributed by atoms with Gasteiger partial charge in [0, 0.05) is 18.5 Å². The van der Waals surface area contributed by atoms with Gasteiger partial charge >= 0.3 is 16.4 Å². The Kier molecular flexibility index (Phi) is 4.18. The molecule has 2 amide bonds. The number of carbonyl (C=O) groups excluding carboxylic acids is 1. The Morgan fingerprint density at radius 1 is 1.28 bits per heavy atom. The van der Waals surface area contributed by atoms with Crippen molar-refractivity contribution in [2.24, 2.45) is 0 Å². The Hall–Kier alpha value is -1.69. The van der Waals surface area contributed by atoms with Crippen molar-refractivity contribution in [3.8, 4) is 0 Å². The van der Waals surface area contributed by atoms with Crippen molar-refractivity contribution < 1.29 is 26.6 Å². The zero-order valence-electron chi connectivity index (χ0n) is 13.5. The van der Waals surface area contributed by atoms with Gasteiger partial charge in [-0.1, -0.05) is 5.16 Å². The summed E-state index contributed by atoms with van der Waals surface area (Å²) in [5.41, 5.74) is 0.675. The monoisotopic (exact) mass is 372 g/mol. The fourth-order valence-corrected chi connectivity index (χ4v) is 4.29. The first kappa shape index (κ1) is 16.8. The fraction of sp³-hybridized carbons (Fsp3) is 0.714. The molecule has 2 bridgehead atoms. The molecule has 2 atom stereocenters. The number of nitrogens with zero attached hydrogens (tertiary/aromatic N) is 3. The van der Waals surface area contributed by atoms with Crippen molar-refractivity contribution in [2.45, 2.75) is 43.7 Å². The normalized spacial score (nSPS) is 28.0. The van der Waals surface area contributed by atoms with Gasteiger partial charge in [0.05, 0.1) is 12.1 Å². The number of hydroxylamine groups is 2. The molecule has 11 heteroatoms. The molecule has 138 valence electrons. The minimum absolute atomic E-state index is 0.280. The van der Waals surface area contributed by atoms with E-state index >= 15 is 0 Å². The molecule has 0 spiro atoms.